The molecule has 0 aliphatic heterocycles. The van der Waals surface area contributed by atoms with Crippen molar-refractivity contribution in [2.45, 2.75) is 33.2 Å². The lowest BCUT2D eigenvalue weighted by atomic mass is 10.3. The van der Waals surface area contributed by atoms with E-state index in [9.17, 15) is 4.79 Å². The van der Waals surface area contributed by atoms with Crippen LogP contribution in [0, 0.1) is 0 Å². The number of carbonyl (C=O) groups is 1. The zero-order chi connectivity index (χ0) is 12.0. The second-order valence-electron chi connectivity index (χ2n) is 3.37. The van der Waals surface area contributed by atoms with Crippen molar-refractivity contribution in [1.82, 2.24) is 9.97 Å². The minimum atomic E-state index is -0.403. The number of nitrogens with one attached hydrogen (secondary N) is 1. The fraction of sp³-hybridized carbons (Fsp3) is 0.545. The molecule has 0 fully saturated rings. The third-order valence-corrected chi connectivity index (χ3v) is 2.09. The summed E-state index contributed by atoms with van der Waals surface area (Å²) in [6, 6.07) is 1.43. The van der Waals surface area contributed by atoms with Gasteiger partial charge < -0.3 is 10.1 Å². The van der Waals surface area contributed by atoms with Gasteiger partial charge in [0.1, 0.15) is 18.2 Å². The van der Waals surface area contributed by atoms with E-state index in [1.165, 1.54) is 6.33 Å². The van der Waals surface area contributed by atoms with Gasteiger partial charge in [-0.15, -0.1) is 0 Å². The summed E-state index contributed by atoms with van der Waals surface area (Å²) in [4.78, 5) is 19.5. The SMILES string of the molecule is CCOC(=O)C(C)Nc1cc(CC)ncn1. The molecule has 1 unspecified atom stereocenters. The van der Waals surface area contributed by atoms with Crippen LogP contribution in [0.5, 0.6) is 0 Å². The van der Waals surface area contributed by atoms with Crippen molar-refractivity contribution in [3.8, 4) is 0 Å². The molecule has 5 nitrogen and oxygen atoms in total. The zero-order valence-electron chi connectivity index (χ0n) is 9.86. The number of esters is 1. The van der Waals surface area contributed by atoms with Crippen LogP contribution < -0.4 is 5.32 Å². The van der Waals surface area contributed by atoms with Gasteiger partial charge in [-0.05, 0) is 20.3 Å². The van der Waals surface area contributed by atoms with E-state index in [0.29, 0.717) is 12.4 Å². The van der Waals surface area contributed by atoms with E-state index >= 15 is 0 Å². The monoisotopic (exact) mass is 223 g/mol. The number of rotatable bonds is 5. The number of aryl methyl sites for hydroxylation is 1. The van der Waals surface area contributed by atoms with Crippen LogP contribution in [0.4, 0.5) is 5.82 Å². The molecule has 1 aromatic rings. The fourth-order valence-corrected chi connectivity index (χ4v) is 1.22. The summed E-state index contributed by atoms with van der Waals surface area (Å²) in [5, 5.41) is 2.98. The van der Waals surface area contributed by atoms with E-state index in [0.717, 1.165) is 12.1 Å². The molecule has 1 rings (SSSR count). The third-order valence-electron chi connectivity index (χ3n) is 2.09. The number of aromatic nitrogens is 2. The Labute approximate surface area is 95.3 Å². The first-order valence-electron chi connectivity index (χ1n) is 5.41. The lowest BCUT2D eigenvalue weighted by Crippen LogP contribution is -2.28. The largest absolute Gasteiger partial charge is 0.464 e. The van der Waals surface area contributed by atoms with Crippen molar-refractivity contribution in [2.75, 3.05) is 11.9 Å². The van der Waals surface area contributed by atoms with Gasteiger partial charge >= 0.3 is 5.97 Å². The fourth-order valence-electron chi connectivity index (χ4n) is 1.22. The van der Waals surface area contributed by atoms with Gasteiger partial charge in [0.05, 0.1) is 6.61 Å². The predicted molar refractivity (Wildman–Crippen MR) is 61.1 cm³/mol. The van der Waals surface area contributed by atoms with E-state index in [1.54, 1.807) is 13.8 Å². The Bertz CT molecular complexity index is 355. The van der Waals surface area contributed by atoms with Crippen LogP contribution in [0.15, 0.2) is 12.4 Å². The Morgan fingerprint density at radius 1 is 1.50 bits per heavy atom. The Balaban J connectivity index is 2.61. The van der Waals surface area contributed by atoms with Gasteiger partial charge in [-0.2, -0.15) is 0 Å². The zero-order valence-corrected chi connectivity index (χ0v) is 9.86. The molecule has 1 heterocycles. The van der Waals surface area contributed by atoms with Gasteiger partial charge in [-0.25, -0.2) is 14.8 Å². The molecule has 0 aromatic carbocycles. The van der Waals surface area contributed by atoms with Crippen molar-refractivity contribution in [3.05, 3.63) is 18.1 Å². The van der Waals surface area contributed by atoms with Crippen molar-refractivity contribution in [3.63, 3.8) is 0 Å². The summed E-state index contributed by atoms with van der Waals surface area (Å²) < 4.78 is 4.89. The van der Waals surface area contributed by atoms with Crippen LogP contribution in [-0.4, -0.2) is 28.6 Å². The predicted octanol–water partition coefficient (Wildman–Crippen LogP) is 1.40. The van der Waals surface area contributed by atoms with Gasteiger partial charge in [0.25, 0.3) is 0 Å². The smallest absolute Gasteiger partial charge is 0.328 e. The average molecular weight is 223 g/mol. The van der Waals surface area contributed by atoms with Crippen molar-refractivity contribution >= 4 is 11.8 Å². The Hall–Kier alpha value is -1.65. The highest BCUT2D eigenvalue weighted by molar-refractivity contribution is 5.78. The Kier molecular flexibility index (Phi) is 4.69. The molecule has 0 bridgehead atoms. The van der Waals surface area contributed by atoms with E-state index in [2.05, 4.69) is 15.3 Å². The number of nitrogens with zero attached hydrogens (tertiary/aromatic N) is 2. The maximum Gasteiger partial charge on any atom is 0.328 e. The topological polar surface area (TPSA) is 64.1 Å². The molecular formula is C11H17N3O2. The van der Waals surface area contributed by atoms with Gasteiger partial charge in [-0.1, -0.05) is 6.92 Å². The minimum Gasteiger partial charge on any atom is -0.464 e. The molecule has 0 spiro atoms. The van der Waals surface area contributed by atoms with Crippen LogP contribution in [0.25, 0.3) is 0 Å². The molecule has 0 aliphatic carbocycles. The standard InChI is InChI=1S/C11H17N3O2/c1-4-9-6-10(13-7-12-9)14-8(3)11(15)16-5-2/h6-8H,4-5H2,1-3H3,(H,12,13,14). The first kappa shape index (κ1) is 12.4. The second-order valence-corrected chi connectivity index (χ2v) is 3.37. The van der Waals surface area contributed by atoms with E-state index in [-0.39, 0.29) is 5.97 Å². The third kappa shape index (κ3) is 3.49. The molecule has 1 aromatic heterocycles. The normalized spacial score (nSPS) is 11.9. The first-order chi connectivity index (χ1) is 7.67. The molecular weight excluding hydrogens is 206 g/mol. The summed E-state index contributed by atoms with van der Waals surface area (Å²) in [6.45, 7) is 5.92. The summed E-state index contributed by atoms with van der Waals surface area (Å²) in [5.74, 6) is 0.367. The summed E-state index contributed by atoms with van der Waals surface area (Å²) in [7, 11) is 0. The molecule has 0 amide bonds. The molecule has 0 radical (unpaired) electrons. The second kappa shape index (κ2) is 6.05. The van der Waals surface area contributed by atoms with Gasteiger partial charge in [0.2, 0.25) is 0 Å². The van der Waals surface area contributed by atoms with Crippen LogP contribution >= 0.6 is 0 Å². The Morgan fingerprint density at radius 3 is 2.88 bits per heavy atom. The van der Waals surface area contributed by atoms with Gasteiger partial charge in [0.15, 0.2) is 0 Å². The lowest BCUT2D eigenvalue weighted by molar-refractivity contribution is -0.143. The summed E-state index contributed by atoms with van der Waals surface area (Å²) in [5.41, 5.74) is 0.938. The summed E-state index contributed by atoms with van der Waals surface area (Å²) >= 11 is 0. The summed E-state index contributed by atoms with van der Waals surface area (Å²) in [6.07, 6.45) is 2.32. The van der Waals surface area contributed by atoms with E-state index in [4.69, 9.17) is 4.74 Å². The molecule has 88 valence electrons. The Morgan fingerprint density at radius 2 is 2.25 bits per heavy atom. The maximum atomic E-state index is 11.4. The highest BCUT2D eigenvalue weighted by atomic mass is 16.5. The maximum absolute atomic E-state index is 11.4. The quantitative estimate of drug-likeness (QED) is 0.764. The highest BCUT2D eigenvalue weighted by Crippen LogP contribution is 2.06. The number of carbonyl (C=O) groups excluding carboxylic acids is 1. The van der Waals surface area contributed by atoms with Crippen molar-refractivity contribution in [1.29, 1.82) is 0 Å². The molecule has 0 aliphatic rings. The molecule has 16 heavy (non-hydrogen) atoms. The van der Waals surface area contributed by atoms with Gasteiger partial charge in [0, 0.05) is 11.8 Å². The number of ether oxygens (including phenoxy) is 1. The van der Waals surface area contributed by atoms with Crippen molar-refractivity contribution in [2.24, 2.45) is 0 Å². The van der Waals surface area contributed by atoms with Gasteiger partial charge in [-0.3, -0.25) is 0 Å². The molecule has 1 N–H and O–H groups in total. The van der Waals surface area contributed by atoms with Crippen LogP contribution in [0.1, 0.15) is 26.5 Å². The molecule has 0 saturated heterocycles. The first-order valence-corrected chi connectivity index (χ1v) is 5.41. The van der Waals surface area contributed by atoms with Crippen LogP contribution in [-0.2, 0) is 16.0 Å². The van der Waals surface area contributed by atoms with E-state index < -0.39 is 6.04 Å². The van der Waals surface area contributed by atoms with E-state index in [1.807, 2.05) is 13.0 Å². The highest BCUT2D eigenvalue weighted by Gasteiger charge is 2.13. The average Bonchev–Trinajstić information content (AvgIpc) is 2.29. The van der Waals surface area contributed by atoms with Crippen LogP contribution in [0.2, 0.25) is 0 Å². The molecule has 1 atom stereocenters. The van der Waals surface area contributed by atoms with Crippen molar-refractivity contribution < 1.29 is 9.53 Å². The number of hydrogen-bond donors (Lipinski definition) is 1. The van der Waals surface area contributed by atoms with Crippen LogP contribution in [0.3, 0.4) is 0 Å². The lowest BCUT2D eigenvalue weighted by Gasteiger charge is -2.13. The minimum absolute atomic E-state index is 0.279. The number of hydrogen-bond acceptors (Lipinski definition) is 5. The number of anilines is 1. The molecule has 0 saturated carbocycles. The molecule has 5 heteroatoms.